The highest BCUT2D eigenvalue weighted by Gasteiger charge is 2.21. The molecule has 1 aliphatic heterocycles. The zero-order valence-electron chi connectivity index (χ0n) is 17.0. The van der Waals surface area contributed by atoms with E-state index >= 15 is 0 Å². The molecule has 1 heterocycles. The van der Waals surface area contributed by atoms with Crippen molar-refractivity contribution in [2.45, 2.75) is 44.9 Å². The van der Waals surface area contributed by atoms with Gasteiger partial charge in [-0.3, -0.25) is 4.79 Å². The minimum atomic E-state index is -2.97. The van der Waals surface area contributed by atoms with Crippen LogP contribution in [0.15, 0.2) is 17.1 Å². The van der Waals surface area contributed by atoms with Crippen LogP contribution in [0.2, 0.25) is 0 Å². The van der Waals surface area contributed by atoms with E-state index in [1.165, 1.54) is 11.0 Å². The molecule has 168 valence electrons. The van der Waals surface area contributed by atoms with Gasteiger partial charge in [-0.15, -0.1) is 24.0 Å². The normalized spacial score (nSPS) is 15.7. The lowest BCUT2D eigenvalue weighted by Gasteiger charge is -2.19. The van der Waals surface area contributed by atoms with Crippen LogP contribution in [-0.4, -0.2) is 56.9 Å². The highest BCUT2D eigenvalue weighted by molar-refractivity contribution is 14.0. The summed E-state index contributed by atoms with van der Waals surface area (Å²) in [5.41, 5.74) is 0.431. The fourth-order valence-electron chi connectivity index (χ4n) is 3.19. The number of hydrogen-bond acceptors (Lipinski definition) is 5. The molecule has 8 nitrogen and oxygen atoms in total. The first-order chi connectivity index (χ1) is 13.9. The predicted octanol–water partition coefficient (Wildman–Crippen LogP) is 2.70. The Balaban J connectivity index is 0.00000320. The summed E-state index contributed by atoms with van der Waals surface area (Å²) in [6, 6.07) is 3.23. The molecule has 0 atom stereocenters. The number of aliphatic imine (C=N–C) groups is 1. The maximum Gasteiger partial charge on any atom is 0.387 e. The molecule has 1 aliphatic carbocycles. The van der Waals surface area contributed by atoms with Gasteiger partial charge in [0, 0.05) is 31.8 Å². The lowest BCUT2D eigenvalue weighted by atomic mass is 10.1. The number of fused-ring (bicyclic) bond motifs is 1. The first-order valence-electron chi connectivity index (χ1n) is 9.54. The van der Waals surface area contributed by atoms with Gasteiger partial charge in [-0.1, -0.05) is 12.8 Å². The Morgan fingerprint density at radius 1 is 1.27 bits per heavy atom. The highest BCUT2D eigenvalue weighted by atomic mass is 127. The Morgan fingerprint density at radius 3 is 2.57 bits per heavy atom. The van der Waals surface area contributed by atoms with Crippen molar-refractivity contribution in [3.63, 3.8) is 0 Å². The molecule has 30 heavy (non-hydrogen) atoms. The number of hydrogen-bond donors (Lipinski definition) is 2. The standard InChI is InChI=1S/C19H26F2N4O4.HI/c1-25(2)17(26)10-23-19(24-13-5-3-4-6-13)22-9-12-7-15-16(28-11-27-15)8-14(12)29-18(20)21;/h7-8,13,18H,3-6,9-11H2,1-2H3,(H2,22,23,24);1H. The summed E-state index contributed by atoms with van der Waals surface area (Å²) in [7, 11) is 3.34. The third-order valence-corrected chi connectivity index (χ3v) is 4.78. The molecular formula is C19H27F2IN4O4. The smallest absolute Gasteiger partial charge is 0.387 e. The van der Waals surface area contributed by atoms with E-state index in [-0.39, 0.29) is 61.6 Å². The van der Waals surface area contributed by atoms with Gasteiger partial charge in [0.2, 0.25) is 12.7 Å². The van der Waals surface area contributed by atoms with Crippen LogP contribution in [0.25, 0.3) is 0 Å². The second-order valence-electron chi connectivity index (χ2n) is 7.12. The molecule has 1 amide bonds. The van der Waals surface area contributed by atoms with Crippen LogP contribution in [0.4, 0.5) is 8.78 Å². The minimum absolute atomic E-state index is 0. The van der Waals surface area contributed by atoms with Crippen molar-refractivity contribution in [2.24, 2.45) is 4.99 Å². The number of ether oxygens (including phenoxy) is 3. The van der Waals surface area contributed by atoms with Gasteiger partial charge in [0.25, 0.3) is 0 Å². The number of carbonyl (C=O) groups is 1. The van der Waals surface area contributed by atoms with Crippen LogP contribution < -0.4 is 24.8 Å². The van der Waals surface area contributed by atoms with E-state index in [4.69, 9.17) is 9.47 Å². The van der Waals surface area contributed by atoms with Crippen LogP contribution >= 0.6 is 24.0 Å². The average Bonchev–Trinajstić information content (AvgIpc) is 3.34. The van der Waals surface area contributed by atoms with E-state index in [9.17, 15) is 13.6 Å². The molecule has 0 bridgehead atoms. The third kappa shape index (κ3) is 6.74. The van der Waals surface area contributed by atoms with Crippen molar-refractivity contribution < 1.29 is 27.8 Å². The number of benzene rings is 1. The summed E-state index contributed by atoms with van der Waals surface area (Å²) < 4.78 is 40.8. The number of nitrogens with zero attached hydrogens (tertiary/aromatic N) is 2. The van der Waals surface area contributed by atoms with Crippen molar-refractivity contribution >= 4 is 35.8 Å². The molecule has 2 aliphatic rings. The Labute approximate surface area is 191 Å². The number of halogens is 3. The maximum absolute atomic E-state index is 12.8. The van der Waals surface area contributed by atoms with Gasteiger partial charge in [-0.05, 0) is 18.9 Å². The van der Waals surface area contributed by atoms with E-state index in [2.05, 4.69) is 20.4 Å². The molecule has 0 radical (unpaired) electrons. The molecule has 11 heteroatoms. The molecule has 1 aromatic carbocycles. The van der Waals surface area contributed by atoms with Crippen molar-refractivity contribution in [2.75, 3.05) is 27.4 Å². The zero-order valence-corrected chi connectivity index (χ0v) is 19.3. The monoisotopic (exact) mass is 540 g/mol. The van der Waals surface area contributed by atoms with Crippen LogP contribution in [0.1, 0.15) is 31.2 Å². The number of rotatable bonds is 7. The third-order valence-electron chi connectivity index (χ3n) is 4.78. The number of guanidine groups is 1. The molecule has 0 aromatic heterocycles. The van der Waals surface area contributed by atoms with Gasteiger partial charge in [0.15, 0.2) is 17.5 Å². The topological polar surface area (TPSA) is 84.4 Å². The van der Waals surface area contributed by atoms with Crippen molar-refractivity contribution in [1.82, 2.24) is 15.5 Å². The molecule has 2 N–H and O–H groups in total. The Hall–Kier alpha value is -2.05. The number of alkyl halides is 2. The summed E-state index contributed by atoms with van der Waals surface area (Å²) in [6.45, 7) is -2.80. The largest absolute Gasteiger partial charge is 0.454 e. The van der Waals surface area contributed by atoms with E-state index in [1.807, 2.05) is 0 Å². The number of likely N-dealkylation sites (N-methyl/N-ethyl adjacent to an activating group) is 1. The van der Waals surface area contributed by atoms with Gasteiger partial charge in [-0.25, -0.2) is 4.99 Å². The molecule has 0 spiro atoms. The summed E-state index contributed by atoms with van der Waals surface area (Å²) in [4.78, 5) is 17.9. The van der Waals surface area contributed by atoms with Crippen molar-refractivity contribution in [3.05, 3.63) is 17.7 Å². The van der Waals surface area contributed by atoms with Gasteiger partial charge in [0.1, 0.15) is 5.75 Å². The van der Waals surface area contributed by atoms with E-state index in [0.29, 0.717) is 23.0 Å². The molecule has 0 saturated heterocycles. The fourth-order valence-corrected chi connectivity index (χ4v) is 3.19. The van der Waals surface area contributed by atoms with Crippen molar-refractivity contribution in [1.29, 1.82) is 0 Å². The van der Waals surface area contributed by atoms with Crippen LogP contribution in [-0.2, 0) is 11.3 Å². The van der Waals surface area contributed by atoms with E-state index in [0.717, 1.165) is 25.7 Å². The Kier molecular flexibility index (Phi) is 9.18. The quantitative estimate of drug-likeness (QED) is 0.315. The van der Waals surface area contributed by atoms with Gasteiger partial charge >= 0.3 is 6.61 Å². The molecule has 3 rings (SSSR count). The van der Waals surface area contributed by atoms with Crippen molar-refractivity contribution in [3.8, 4) is 17.2 Å². The minimum Gasteiger partial charge on any atom is -0.454 e. The maximum atomic E-state index is 12.8. The van der Waals surface area contributed by atoms with Gasteiger partial charge in [0.05, 0.1) is 13.1 Å². The van der Waals surface area contributed by atoms with Crippen LogP contribution in [0.3, 0.4) is 0 Å². The second-order valence-corrected chi connectivity index (χ2v) is 7.12. The lowest BCUT2D eigenvalue weighted by Crippen LogP contribution is -2.46. The Morgan fingerprint density at radius 2 is 1.93 bits per heavy atom. The first-order valence-corrected chi connectivity index (χ1v) is 9.54. The molecule has 1 saturated carbocycles. The summed E-state index contributed by atoms with van der Waals surface area (Å²) in [5, 5.41) is 6.33. The fraction of sp³-hybridized carbons (Fsp3) is 0.579. The SMILES string of the molecule is CN(C)C(=O)CNC(=NCc1cc2c(cc1OC(F)F)OCO2)NC1CCCC1.I. The van der Waals surface area contributed by atoms with Crippen LogP contribution in [0, 0.1) is 0 Å². The van der Waals surface area contributed by atoms with E-state index < -0.39 is 6.61 Å². The summed E-state index contributed by atoms with van der Waals surface area (Å²) in [6.07, 6.45) is 4.31. The Bertz CT molecular complexity index is 758. The number of amides is 1. The molecule has 1 aromatic rings. The predicted molar refractivity (Wildman–Crippen MR) is 118 cm³/mol. The zero-order chi connectivity index (χ0) is 20.8. The van der Waals surface area contributed by atoms with Gasteiger partial charge in [-0.2, -0.15) is 8.78 Å². The highest BCUT2D eigenvalue weighted by Crippen LogP contribution is 2.39. The number of carbonyl (C=O) groups excluding carboxylic acids is 1. The lowest BCUT2D eigenvalue weighted by molar-refractivity contribution is -0.127. The number of nitrogens with one attached hydrogen (secondary N) is 2. The average molecular weight is 540 g/mol. The summed E-state index contributed by atoms with van der Waals surface area (Å²) >= 11 is 0. The van der Waals surface area contributed by atoms with Gasteiger partial charge < -0.3 is 29.7 Å². The second kappa shape index (κ2) is 11.4. The molecular weight excluding hydrogens is 513 g/mol. The van der Waals surface area contributed by atoms with E-state index in [1.54, 1.807) is 20.2 Å². The summed E-state index contributed by atoms with van der Waals surface area (Å²) in [5.74, 6) is 1.14. The van der Waals surface area contributed by atoms with Crippen LogP contribution in [0.5, 0.6) is 17.2 Å². The molecule has 1 fully saturated rings. The molecule has 0 unspecified atom stereocenters. The first kappa shape index (κ1) is 24.2.